The number of aliphatic imine (C=N–C) groups is 3. The molecule has 0 spiro atoms. The molecule has 2 aromatic heterocycles. The molecular weight excluding hydrogens is 1490 g/mol. The van der Waals surface area contributed by atoms with E-state index in [1.807, 2.05) is 0 Å². The summed E-state index contributed by atoms with van der Waals surface area (Å²) < 4.78 is 14.4. The summed E-state index contributed by atoms with van der Waals surface area (Å²) in [6.45, 7) is 13.7. The monoisotopic (exact) mass is 1550 g/mol. The van der Waals surface area contributed by atoms with Crippen molar-refractivity contribution < 1.29 is 14.4 Å². The van der Waals surface area contributed by atoms with E-state index >= 15 is 0 Å². The van der Waals surface area contributed by atoms with Crippen LogP contribution in [0.2, 0.25) is 0 Å². The normalized spacial score (nSPS) is 14.2. The standard InChI is InChI=1S/C74H54N8S6.CH5O3P.Pb/c1-41-11-23-47(24-12-41)83-55-35-37-57(85-49-27-15-43(3)16-28-49)63-61(55)69-76-67-53-9-7-8-10-54(53)68(75-67)77-70-62-56(84-48-25-13-42(2)14-26-48)36-38-58(86-50-29-17-44(4)18-30-50)64(62)72(79-70)81-74-66-60(88-52-33-21-46(6)22-34-52)40-39-59(87-51-31-19-45(5)20-32-51)65(66)73(82-74)80-71(63)78-69;1-5(2,3)4;/h7-40,69,76H,1-6H3;1H3,(H2,2,3,4);/q-2;;+2. The zero-order chi connectivity index (χ0) is 64.5. The molecule has 1 atom stereocenters. The Bertz CT molecular complexity index is 5320. The summed E-state index contributed by atoms with van der Waals surface area (Å²) in [5.41, 5.74) is 13.1. The molecule has 12 aromatic rings. The number of hydrogen-bond donors (Lipinski definition) is 3. The van der Waals surface area contributed by atoms with Crippen molar-refractivity contribution in [3.05, 3.63) is 273 Å². The third kappa shape index (κ3) is 12.9. The van der Waals surface area contributed by atoms with Crippen LogP contribution in [0.15, 0.2) is 290 Å². The number of anilines is 1. The molecule has 462 valence electrons. The summed E-state index contributed by atoms with van der Waals surface area (Å²) in [4.78, 5) is 58.5. The summed E-state index contributed by atoms with van der Waals surface area (Å²) in [6.07, 6.45) is -0.508. The number of nitrogens with zero attached hydrogens (tertiary/aromatic N) is 7. The molecular formula is C75H59N8O3PPbS6. The first-order valence-electron chi connectivity index (χ1n) is 30.4. The van der Waals surface area contributed by atoms with Crippen molar-refractivity contribution in [1.29, 1.82) is 0 Å². The molecule has 0 saturated heterocycles. The Labute approximate surface area is 583 Å². The summed E-state index contributed by atoms with van der Waals surface area (Å²) in [6, 6.07) is 75.6. The average Bonchev–Trinajstić information content (AvgIpc) is 1.55. The molecule has 0 amide bonds. The molecule has 3 N–H and O–H groups in total. The molecule has 19 heteroatoms. The number of amidine groups is 3. The molecule has 4 aliphatic rings. The SMILES string of the molecule is CP(=O)(O)O.Cc1ccc(Sc2ccc(Sc3ccc(C)cc3)c3c2C2=NC3=Nc3c4ccccc4c4[n]3[Pb][n]3c(c5c(Sc6ccc(C)cc6)ccc(Sc6ccc(C)cc6)c5c3=NC3=NC(N4)c4c(Sc5ccc(C)cc5)ccc(Sc5ccc(C)cc5)c43)=N2)cc1. The van der Waals surface area contributed by atoms with Gasteiger partial charge >= 0.3 is 568 Å². The molecule has 4 aliphatic heterocycles. The molecule has 6 heterocycles. The number of nitrogens with one attached hydrogen (secondary N) is 1. The van der Waals surface area contributed by atoms with Gasteiger partial charge in [0.15, 0.2) is 0 Å². The van der Waals surface area contributed by atoms with Gasteiger partial charge in [0.25, 0.3) is 0 Å². The van der Waals surface area contributed by atoms with Gasteiger partial charge < -0.3 is 9.79 Å². The first-order valence-corrected chi connectivity index (χ1v) is 40.8. The van der Waals surface area contributed by atoms with Crippen LogP contribution in [-0.4, -0.2) is 63.5 Å². The fourth-order valence-electron chi connectivity index (χ4n) is 11.6. The van der Waals surface area contributed by atoms with Crippen LogP contribution in [0.25, 0.3) is 21.5 Å². The topological polar surface area (TPSA) is 141 Å². The number of benzene rings is 10. The van der Waals surface area contributed by atoms with Crippen molar-refractivity contribution in [2.45, 2.75) is 106 Å². The molecule has 0 fully saturated rings. The van der Waals surface area contributed by atoms with Crippen LogP contribution in [0.5, 0.6) is 0 Å². The van der Waals surface area contributed by atoms with E-state index in [1.54, 1.807) is 70.6 Å². The van der Waals surface area contributed by atoms with Crippen LogP contribution < -0.4 is 16.3 Å². The van der Waals surface area contributed by atoms with Crippen molar-refractivity contribution in [2.75, 3.05) is 12.0 Å². The van der Waals surface area contributed by atoms with E-state index in [4.69, 9.17) is 34.7 Å². The van der Waals surface area contributed by atoms with Gasteiger partial charge in [-0.15, -0.1) is 0 Å². The van der Waals surface area contributed by atoms with E-state index in [9.17, 15) is 4.57 Å². The number of aryl methyl sites for hydroxylation is 6. The fraction of sp³-hybridized carbons (Fsp3) is 0.107. The number of aromatic nitrogens is 2. The van der Waals surface area contributed by atoms with Gasteiger partial charge in [-0.25, -0.2) is 0 Å². The second-order valence-corrected chi connectivity index (χ2v) is 36.1. The molecule has 0 saturated carbocycles. The Morgan fingerprint density at radius 3 is 1.14 bits per heavy atom. The summed E-state index contributed by atoms with van der Waals surface area (Å²) in [7, 11) is -3.64. The van der Waals surface area contributed by atoms with Gasteiger partial charge in [0.05, 0.1) is 0 Å². The van der Waals surface area contributed by atoms with Crippen molar-refractivity contribution in [3.63, 3.8) is 0 Å². The Balaban J connectivity index is 0.00000141. The summed E-state index contributed by atoms with van der Waals surface area (Å²) in [5, 5.41) is 8.40. The minimum absolute atomic E-state index is 0.508. The first-order chi connectivity index (χ1) is 45.5. The maximum absolute atomic E-state index is 9.33. The van der Waals surface area contributed by atoms with E-state index in [0.717, 1.165) is 132 Å². The van der Waals surface area contributed by atoms with Gasteiger partial charge in [0, 0.05) is 6.66 Å². The average molecular weight is 1550 g/mol. The predicted molar refractivity (Wildman–Crippen MR) is 391 cm³/mol. The van der Waals surface area contributed by atoms with E-state index in [-0.39, 0.29) is 0 Å². The summed E-state index contributed by atoms with van der Waals surface area (Å²) in [5.74, 6) is 3.81. The van der Waals surface area contributed by atoms with Crippen molar-refractivity contribution in [2.24, 2.45) is 25.0 Å². The second-order valence-electron chi connectivity index (χ2n) is 23.5. The Morgan fingerprint density at radius 2 is 0.723 bits per heavy atom. The quantitative estimate of drug-likeness (QED) is 0.0800. The maximum atomic E-state index is 9.33. The van der Waals surface area contributed by atoms with Crippen LogP contribution in [0.3, 0.4) is 0 Å². The van der Waals surface area contributed by atoms with Crippen LogP contribution in [0.1, 0.15) is 61.8 Å². The molecule has 94 heavy (non-hydrogen) atoms. The molecule has 6 bridgehead atoms. The summed E-state index contributed by atoms with van der Waals surface area (Å²) >= 11 is 8.01. The van der Waals surface area contributed by atoms with Crippen LogP contribution in [0, 0.1) is 41.5 Å². The van der Waals surface area contributed by atoms with Crippen LogP contribution >= 0.6 is 78.2 Å². The zero-order valence-electron chi connectivity index (χ0n) is 52.0. The van der Waals surface area contributed by atoms with Gasteiger partial charge in [-0.2, -0.15) is 0 Å². The third-order valence-corrected chi connectivity index (χ3v) is 27.5. The van der Waals surface area contributed by atoms with E-state index < -0.39 is 38.6 Å². The minimum atomic E-state index is -3.64. The van der Waals surface area contributed by atoms with E-state index in [1.165, 1.54) is 33.4 Å². The van der Waals surface area contributed by atoms with Crippen LogP contribution in [0.4, 0.5) is 11.6 Å². The first kappa shape index (κ1) is 62.9. The number of hydrogen-bond acceptors (Lipinski definition) is 13. The van der Waals surface area contributed by atoms with Gasteiger partial charge in [0.1, 0.15) is 0 Å². The molecule has 1 unspecified atom stereocenters. The molecule has 2 radical (unpaired) electrons. The second kappa shape index (κ2) is 26.1. The van der Waals surface area contributed by atoms with Crippen molar-refractivity contribution in [3.8, 4) is 0 Å². The van der Waals surface area contributed by atoms with Crippen LogP contribution in [-0.2, 0) is 4.57 Å². The van der Waals surface area contributed by atoms with E-state index in [0.29, 0.717) is 17.5 Å². The third-order valence-electron chi connectivity index (χ3n) is 16.2. The van der Waals surface area contributed by atoms with Gasteiger partial charge in [-0.05, 0) is 0 Å². The van der Waals surface area contributed by atoms with Gasteiger partial charge in [0.2, 0.25) is 0 Å². The van der Waals surface area contributed by atoms with E-state index in [2.05, 4.69) is 258 Å². The Morgan fingerprint density at radius 1 is 0.394 bits per heavy atom. The molecule has 10 aromatic carbocycles. The van der Waals surface area contributed by atoms with Crippen molar-refractivity contribution >= 4 is 154 Å². The molecule has 0 aliphatic carbocycles. The Kier molecular flexibility index (Phi) is 17.5. The fourth-order valence-corrected chi connectivity index (χ4v) is 22.3. The Hall–Kier alpha value is -7.14. The zero-order valence-corrected chi connectivity index (χ0v) is 61.7. The number of rotatable bonds is 12. The van der Waals surface area contributed by atoms with Gasteiger partial charge in [-0.1, -0.05) is 0 Å². The molecule has 11 nitrogen and oxygen atoms in total. The molecule has 16 rings (SSSR count). The number of fused-ring (bicyclic) bond motifs is 14. The van der Waals surface area contributed by atoms with Crippen molar-refractivity contribution in [1.82, 2.24) is 4.75 Å². The van der Waals surface area contributed by atoms with Gasteiger partial charge in [-0.3, -0.25) is 4.57 Å². The predicted octanol–water partition coefficient (Wildman–Crippen LogP) is 19.1.